The van der Waals surface area contributed by atoms with Crippen LogP contribution in [0.1, 0.15) is 42.9 Å². The lowest BCUT2D eigenvalue weighted by molar-refractivity contribution is -0.139. The number of carbonyl (C=O) groups excluding carboxylic acids is 1. The Kier molecular flexibility index (Phi) is 10.3. The molecule has 3 atom stereocenters. The fourth-order valence-corrected chi connectivity index (χ4v) is 5.34. The van der Waals surface area contributed by atoms with E-state index in [4.69, 9.17) is 28.2 Å². The van der Waals surface area contributed by atoms with E-state index in [1.807, 2.05) is 60.7 Å². The predicted molar refractivity (Wildman–Crippen MR) is 159 cm³/mol. The van der Waals surface area contributed by atoms with Gasteiger partial charge < -0.3 is 15.5 Å². The molecule has 0 saturated carbocycles. The van der Waals surface area contributed by atoms with Gasteiger partial charge in [-0.15, -0.1) is 0 Å². The number of nitrogens with zero attached hydrogens (tertiary/aromatic N) is 2. The number of likely N-dealkylation sites (tertiary alicyclic amines) is 1. The number of para-hydroxylation sites is 1. The van der Waals surface area contributed by atoms with E-state index in [0.717, 1.165) is 24.1 Å². The van der Waals surface area contributed by atoms with Crippen molar-refractivity contribution in [3.05, 3.63) is 99.5 Å². The number of aliphatic imine (C=N–C) groups is 1. The third kappa shape index (κ3) is 7.29. The summed E-state index contributed by atoms with van der Waals surface area (Å²) >= 11 is 12.3. The van der Waals surface area contributed by atoms with Crippen LogP contribution in [0.3, 0.4) is 0 Å². The molecule has 0 aliphatic carbocycles. The Morgan fingerprint density at radius 1 is 1.05 bits per heavy atom. The summed E-state index contributed by atoms with van der Waals surface area (Å²) in [6.07, 6.45) is 1.91. The molecule has 9 heteroatoms. The summed E-state index contributed by atoms with van der Waals surface area (Å²) in [4.78, 5) is 32.6. The molecule has 40 heavy (non-hydrogen) atoms. The molecule has 1 aliphatic rings. The van der Waals surface area contributed by atoms with Crippen molar-refractivity contribution in [2.45, 2.75) is 44.8 Å². The lowest BCUT2D eigenvalue weighted by Crippen LogP contribution is -2.39. The third-order valence-electron chi connectivity index (χ3n) is 7.17. The first-order chi connectivity index (χ1) is 19.3. The van der Waals surface area contributed by atoms with Crippen LogP contribution < -0.4 is 5.32 Å². The van der Waals surface area contributed by atoms with E-state index >= 15 is 0 Å². The van der Waals surface area contributed by atoms with E-state index in [0.29, 0.717) is 46.4 Å². The van der Waals surface area contributed by atoms with Crippen molar-refractivity contribution >= 4 is 46.5 Å². The highest BCUT2D eigenvalue weighted by molar-refractivity contribution is 6.42. The van der Waals surface area contributed by atoms with Gasteiger partial charge in [0.1, 0.15) is 0 Å². The zero-order valence-electron chi connectivity index (χ0n) is 22.3. The molecule has 210 valence electrons. The van der Waals surface area contributed by atoms with Gasteiger partial charge in [0.2, 0.25) is 5.91 Å². The number of aliphatic hydroxyl groups is 1. The van der Waals surface area contributed by atoms with Gasteiger partial charge in [0.25, 0.3) is 0 Å². The first kappa shape index (κ1) is 29.7. The lowest BCUT2D eigenvalue weighted by Gasteiger charge is -2.25. The number of amides is 1. The minimum Gasteiger partial charge on any atom is -0.480 e. The third-order valence-corrected chi connectivity index (χ3v) is 7.91. The van der Waals surface area contributed by atoms with E-state index in [1.54, 1.807) is 19.1 Å². The number of aliphatic carboxylic acids is 1. The van der Waals surface area contributed by atoms with Gasteiger partial charge in [-0.05, 0) is 55.5 Å². The molecule has 1 fully saturated rings. The van der Waals surface area contributed by atoms with Crippen molar-refractivity contribution in [3.63, 3.8) is 0 Å². The molecule has 3 aromatic rings. The molecular formula is C31H33Cl2N3O4. The first-order valence-electron chi connectivity index (χ1n) is 13.3. The van der Waals surface area contributed by atoms with Gasteiger partial charge in [-0.1, -0.05) is 84.7 Å². The largest absolute Gasteiger partial charge is 0.480 e. The van der Waals surface area contributed by atoms with Crippen LogP contribution in [0.15, 0.2) is 77.8 Å². The maximum atomic E-state index is 13.6. The number of anilines is 1. The normalized spacial score (nSPS) is 17.4. The summed E-state index contributed by atoms with van der Waals surface area (Å²) < 4.78 is 0. The molecule has 1 heterocycles. The van der Waals surface area contributed by atoms with Gasteiger partial charge >= 0.3 is 5.97 Å². The number of rotatable bonds is 11. The highest BCUT2D eigenvalue weighted by Gasteiger charge is 2.32. The van der Waals surface area contributed by atoms with Crippen molar-refractivity contribution in [2.75, 3.05) is 18.5 Å². The quantitative estimate of drug-likeness (QED) is 0.244. The van der Waals surface area contributed by atoms with Crippen molar-refractivity contribution in [3.8, 4) is 0 Å². The Morgan fingerprint density at radius 2 is 1.77 bits per heavy atom. The molecule has 0 unspecified atom stereocenters. The average molecular weight is 583 g/mol. The van der Waals surface area contributed by atoms with Crippen LogP contribution >= 0.6 is 23.2 Å². The second kappa shape index (κ2) is 13.9. The number of hydrogen-bond donors (Lipinski definition) is 3. The number of carboxylic acid groups (broad SMARTS) is 1. The highest BCUT2D eigenvalue weighted by Crippen LogP contribution is 2.28. The highest BCUT2D eigenvalue weighted by atomic mass is 35.5. The van der Waals surface area contributed by atoms with E-state index < -0.39 is 17.9 Å². The average Bonchev–Trinajstić information content (AvgIpc) is 3.40. The number of nitrogens with one attached hydrogen (secondary N) is 1. The number of benzene rings is 3. The number of halogens is 2. The van der Waals surface area contributed by atoms with Crippen LogP contribution in [0.5, 0.6) is 0 Å². The fraction of sp³-hybridized carbons (Fsp3) is 0.323. The molecule has 0 radical (unpaired) electrons. The lowest BCUT2D eigenvalue weighted by atomic mass is 9.96. The molecule has 0 bridgehead atoms. The van der Waals surface area contributed by atoms with Crippen LogP contribution in [0.4, 0.5) is 5.69 Å². The topological polar surface area (TPSA) is 102 Å². The van der Waals surface area contributed by atoms with Crippen LogP contribution in [0, 0.1) is 5.92 Å². The smallest absolute Gasteiger partial charge is 0.328 e. The summed E-state index contributed by atoms with van der Waals surface area (Å²) in [6, 6.07) is 20.7. The number of hydrogen-bond acceptors (Lipinski definition) is 5. The molecule has 1 saturated heterocycles. The van der Waals surface area contributed by atoms with Crippen LogP contribution in [0.25, 0.3) is 0 Å². The summed E-state index contributed by atoms with van der Waals surface area (Å²) in [5, 5.41) is 23.5. The summed E-state index contributed by atoms with van der Waals surface area (Å²) in [5.74, 6) is -1.60. The maximum Gasteiger partial charge on any atom is 0.328 e. The summed E-state index contributed by atoms with van der Waals surface area (Å²) in [7, 11) is 0. The monoisotopic (exact) mass is 581 g/mol. The minimum atomic E-state index is -1.07. The summed E-state index contributed by atoms with van der Waals surface area (Å²) in [5.41, 5.74) is 3.35. The van der Waals surface area contributed by atoms with Crippen LogP contribution in [-0.2, 0) is 16.1 Å². The Hall–Kier alpha value is -3.23. The van der Waals surface area contributed by atoms with Gasteiger partial charge in [0.15, 0.2) is 6.04 Å². The van der Waals surface area contributed by atoms with Crippen LogP contribution in [-0.4, -0.2) is 57.9 Å². The molecule has 1 aliphatic heterocycles. The molecule has 4 rings (SSSR count). The Bertz CT molecular complexity index is 1370. The Morgan fingerprint density at radius 3 is 2.48 bits per heavy atom. The van der Waals surface area contributed by atoms with E-state index in [1.165, 1.54) is 0 Å². The van der Waals surface area contributed by atoms with E-state index in [2.05, 4.69) is 10.2 Å². The number of carbonyl (C=O) groups is 2. The molecule has 7 nitrogen and oxygen atoms in total. The number of carboxylic acids is 1. The predicted octanol–water partition coefficient (Wildman–Crippen LogP) is 5.91. The Labute approximate surface area is 244 Å². The first-order valence-corrected chi connectivity index (χ1v) is 14.1. The van der Waals surface area contributed by atoms with Crippen molar-refractivity contribution in [2.24, 2.45) is 10.9 Å². The second-order valence-electron chi connectivity index (χ2n) is 10.0. The van der Waals surface area contributed by atoms with Crippen molar-refractivity contribution in [1.82, 2.24) is 4.90 Å². The Balaban J connectivity index is 1.64. The van der Waals surface area contributed by atoms with Gasteiger partial charge in [-0.3, -0.25) is 14.7 Å². The zero-order chi connectivity index (χ0) is 28.6. The van der Waals surface area contributed by atoms with Gasteiger partial charge in [0.05, 0.1) is 27.5 Å². The number of aliphatic hydroxyl groups excluding tert-OH is 1. The molecule has 3 N–H and O–H groups in total. The summed E-state index contributed by atoms with van der Waals surface area (Å²) in [6.45, 7) is 2.97. The minimum absolute atomic E-state index is 0.131. The molecule has 3 aromatic carbocycles. The fourth-order valence-electron chi connectivity index (χ4n) is 5.02. The molecule has 1 amide bonds. The SMILES string of the molecule is C[C@@H](CCO)[C@H](N=C(c1ccccc1)c1ccccc1NC(=O)[C@@H]1CCCN1Cc1ccc(Cl)c(Cl)c1)C(=O)O. The molecule has 0 aromatic heterocycles. The standard InChI is InChI=1S/C31H33Cl2N3O4/c1-20(15-17-37)28(31(39)40)35-29(22-8-3-2-4-9-22)23-10-5-6-11-26(23)34-30(38)27-12-7-16-36(27)19-21-13-14-24(32)25(33)18-21/h2-6,8-11,13-14,18,20,27-28,37H,7,12,15-17,19H2,1H3,(H,34,38)(H,39,40)/t20-,27-,28-/m0/s1. The van der Waals surface area contributed by atoms with Crippen molar-refractivity contribution in [1.29, 1.82) is 0 Å². The van der Waals surface area contributed by atoms with E-state index in [9.17, 15) is 19.8 Å². The van der Waals surface area contributed by atoms with E-state index in [-0.39, 0.29) is 18.6 Å². The van der Waals surface area contributed by atoms with Gasteiger partial charge in [-0.2, -0.15) is 0 Å². The van der Waals surface area contributed by atoms with Gasteiger partial charge in [-0.25, -0.2) is 4.79 Å². The molecule has 0 spiro atoms. The van der Waals surface area contributed by atoms with Gasteiger partial charge in [0, 0.05) is 24.3 Å². The zero-order valence-corrected chi connectivity index (χ0v) is 23.8. The van der Waals surface area contributed by atoms with Crippen LogP contribution in [0.2, 0.25) is 10.0 Å². The second-order valence-corrected chi connectivity index (χ2v) is 10.8. The molecular weight excluding hydrogens is 549 g/mol. The maximum absolute atomic E-state index is 13.6. The van der Waals surface area contributed by atoms with Crippen molar-refractivity contribution < 1.29 is 19.8 Å².